The standard InChI is InChI=1S/C14H20N2O5/c1-4-7-15-12(14(17)20-3)9-21-13-8-11(16(18)19)6-5-10(13)2/h5-6,8,12,15H,4,7,9H2,1-3H3. The van der Waals surface area contributed by atoms with Crippen molar-refractivity contribution in [2.75, 3.05) is 20.3 Å². The first-order valence-electron chi connectivity index (χ1n) is 6.68. The van der Waals surface area contributed by atoms with Gasteiger partial charge in [-0.05, 0) is 31.5 Å². The second kappa shape index (κ2) is 8.21. The second-order valence-corrected chi connectivity index (χ2v) is 4.55. The molecule has 21 heavy (non-hydrogen) atoms. The topological polar surface area (TPSA) is 90.7 Å². The zero-order valence-corrected chi connectivity index (χ0v) is 12.4. The number of nitrogens with one attached hydrogen (secondary N) is 1. The summed E-state index contributed by atoms with van der Waals surface area (Å²) in [5.74, 6) is -0.0389. The molecule has 1 N–H and O–H groups in total. The molecule has 0 aliphatic rings. The number of nitro benzene ring substituents is 1. The molecule has 1 aromatic rings. The number of nitrogens with zero attached hydrogens (tertiary/aromatic N) is 1. The van der Waals surface area contributed by atoms with Gasteiger partial charge in [-0.15, -0.1) is 0 Å². The molecular formula is C14H20N2O5. The first-order chi connectivity index (χ1) is 9.99. The zero-order valence-electron chi connectivity index (χ0n) is 12.4. The van der Waals surface area contributed by atoms with Crippen molar-refractivity contribution in [1.82, 2.24) is 5.32 Å². The van der Waals surface area contributed by atoms with Crippen molar-refractivity contribution in [3.05, 3.63) is 33.9 Å². The first-order valence-corrected chi connectivity index (χ1v) is 6.68. The van der Waals surface area contributed by atoms with Gasteiger partial charge in [-0.1, -0.05) is 6.92 Å². The average molecular weight is 296 g/mol. The van der Waals surface area contributed by atoms with Gasteiger partial charge in [0.25, 0.3) is 5.69 Å². The fourth-order valence-corrected chi connectivity index (χ4v) is 1.70. The molecular weight excluding hydrogens is 276 g/mol. The summed E-state index contributed by atoms with van der Waals surface area (Å²) in [5.41, 5.74) is 0.714. The molecule has 0 bridgehead atoms. The van der Waals surface area contributed by atoms with Crippen molar-refractivity contribution in [3.63, 3.8) is 0 Å². The molecule has 1 aromatic carbocycles. The second-order valence-electron chi connectivity index (χ2n) is 4.55. The Morgan fingerprint density at radius 2 is 2.19 bits per heavy atom. The number of carbonyl (C=O) groups is 1. The van der Waals surface area contributed by atoms with Crippen molar-refractivity contribution in [1.29, 1.82) is 0 Å². The summed E-state index contributed by atoms with van der Waals surface area (Å²) in [6.45, 7) is 4.46. The van der Waals surface area contributed by atoms with Gasteiger partial charge in [0.15, 0.2) is 0 Å². The van der Waals surface area contributed by atoms with Crippen molar-refractivity contribution in [2.24, 2.45) is 0 Å². The summed E-state index contributed by atoms with van der Waals surface area (Å²) in [4.78, 5) is 21.9. The molecule has 0 fully saturated rings. The van der Waals surface area contributed by atoms with Crippen LogP contribution in [0.15, 0.2) is 18.2 Å². The SMILES string of the molecule is CCCNC(COc1cc([N+](=O)[O-])ccc1C)C(=O)OC. The molecule has 0 heterocycles. The molecule has 7 heteroatoms. The number of ether oxygens (including phenoxy) is 2. The van der Waals surface area contributed by atoms with Crippen LogP contribution in [0.1, 0.15) is 18.9 Å². The molecule has 0 radical (unpaired) electrons. The maximum Gasteiger partial charge on any atom is 0.326 e. The predicted molar refractivity (Wildman–Crippen MR) is 77.4 cm³/mol. The van der Waals surface area contributed by atoms with E-state index in [0.29, 0.717) is 12.3 Å². The number of methoxy groups -OCH3 is 1. The van der Waals surface area contributed by atoms with Crippen molar-refractivity contribution < 1.29 is 19.2 Å². The van der Waals surface area contributed by atoms with Gasteiger partial charge in [0.2, 0.25) is 0 Å². The molecule has 0 saturated heterocycles. The lowest BCUT2D eigenvalue weighted by molar-refractivity contribution is -0.384. The third-order valence-electron chi connectivity index (χ3n) is 2.91. The number of carbonyl (C=O) groups excluding carboxylic acids is 1. The molecule has 7 nitrogen and oxygen atoms in total. The Kier molecular flexibility index (Phi) is 6.61. The Morgan fingerprint density at radius 1 is 1.48 bits per heavy atom. The molecule has 116 valence electrons. The van der Waals surface area contributed by atoms with E-state index in [4.69, 9.17) is 9.47 Å². The van der Waals surface area contributed by atoms with Crippen LogP contribution in [0.3, 0.4) is 0 Å². The number of nitro groups is 1. The average Bonchev–Trinajstić information content (AvgIpc) is 2.47. The lowest BCUT2D eigenvalue weighted by Gasteiger charge is -2.17. The van der Waals surface area contributed by atoms with Crippen LogP contribution in [0.5, 0.6) is 5.75 Å². The van der Waals surface area contributed by atoms with Crippen LogP contribution in [-0.4, -0.2) is 37.2 Å². The molecule has 0 saturated carbocycles. The Hall–Kier alpha value is -2.15. The number of aryl methyl sites for hydroxylation is 1. The molecule has 0 spiro atoms. The van der Waals surface area contributed by atoms with E-state index in [-0.39, 0.29) is 12.3 Å². The van der Waals surface area contributed by atoms with Crippen LogP contribution in [-0.2, 0) is 9.53 Å². The highest BCUT2D eigenvalue weighted by atomic mass is 16.6. The molecule has 0 aliphatic heterocycles. The lowest BCUT2D eigenvalue weighted by atomic mass is 10.2. The van der Waals surface area contributed by atoms with Gasteiger partial charge in [-0.25, -0.2) is 0 Å². The fourth-order valence-electron chi connectivity index (χ4n) is 1.70. The Labute approximate surface area is 123 Å². The quantitative estimate of drug-likeness (QED) is 0.447. The number of non-ortho nitro benzene ring substituents is 1. The summed E-state index contributed by atoms with van der Waals surface area (Å²) in [6.07, 6.45) is 0.864. The smallest absolute Gasteiger partial charge is 0.326 e. The minimum atomic E-state index is -0.603. The molecule has 1 rings (SSSR count). The highest BCUT2D eigenvalue weighted by Crippen LogP contribution is 2.24. The van der Waals surface area contributed by atoms with Gasteiger partial charge >= 0.3 is 5.97 Å². The van der Waals surface area contributed by atoms with E-state index in [0.717, 1.165) is 12.0 Å². The number of esters is 1. The maximum absolute atomic E-state index is 11.6. The van der Waals surface area contributed by atoms with Crippen LogP contribution < -0.4 is 10.1 Å². The van der Waals surface area contributed by atoms with E-state index in [1.165, 1.54) is 19.2 Å². The summed E-state index contributed by atoms with van der Waals surface area (Å²) in [7, 11) is 1.31. The predicted octanol–water partition coefficient (Wildman–Crippen LogP) is 1.82. The van der Waals surface area contributed by atoms with E-state index in [2.05, 4.69) is 5.32 Å². The van der Waals surface area contributed by atoms with Crippen LogP contribution in [0, 0.1) is 17.0 Å². The van der Waals surface area contributed by atoms with E-state index in [1.54, 1.807) is 13.0 Å². The van der Waals surface area contributed by atoms with Crippen LogP contribution in [0.4, 0.5) is 5.69 Å². The van der Waals surface area contributed by atoms with Gasteiger partial charge in [-0.3, -0.25) is 14.9 Å². The third-order valence-corrected chi connectivity index (χ3v) is 2.91. The number of rotatable bonds is 8. The zero-order chi connectivity index (χ0) is 15.8. The van der Waals surface area contributed by atoms with Crippen LogP contribution in [0.2, 0.25) is 0 Å². The lowest BCUT2D eigenvalue weighted by Crippen LogP contribution is -2.42. The van der Waals surface area contributed by atoms with Gasteiger partial charge in [-0.2, -0.15) is 0 Å². The summed E-state index contributed by atoms with van der Waals surface area (Å²) >= 11 is 0. The third kappa shape index (κ3) is 5.03. The molecule has 0 amide bonds. The Bertz CT molecular complexity index is 504. The Balaban J connectivity index is 2.76. The highest BCUT2D eigenvalue weighted by molar-refractivity contribution is 5.75. The summed E-state index contributed by atoms with van der Waals surface area (Å²) in [6, 6.07) is 3.77. The molecule has 1 atom stereocenters. The van der Waals surface area contributed by atoms with Crippen molar-refractivity contribution in [3.8, 4) is 5.75 Å². The number of hydrogen-bond acceptors (Lipinski definition) is 6. The summed E-state index contributed by atoms with van der Waals surface area (Å²) in [5, 5.41) is 13.8. The monoisotopic (exact) mass is 296 g/mol. The van der Waals surface area contributed by atoms with Crippen LogP contribution in [0.25, 0.3) is 0 Å². The van der Waals surface area contributed by atoms with Gasteiger partial charge in [0, 0.05) is 6.07 Å². The first kappa shape index (κ1) is 16.9. The largest absolute Gasteiger partial charge is 0.491 e. The van der Waals surface area contributed by atoms with E-state index in [1.807, 2.05) is 6.92 Å². The normalized spacial score (nSPS) is 11.8. The molecule has 0 aliphatic carbocycles. The number of benzene rings is 1. The Morgan fingerprint density at radius 3 is 2.76 bits per heavy atom. The summed E-state index contributed by atoms with van der Waals surface area (Å²) < 4.78 is 10.2. The van der Waals surface area contributed by atoms with Gasteiger partial charge < -0.3 is 14.8 Å². The highest BCUT2D eigenvalue weighted by Gasteiger charge is 2.20. The maximum atomic E-state index is 11.6. The molecule has 0 aromatic heterocycles. The van der Waals surface area contributed by atoms with Crippen molar-refractivity contribution in [2.45, 2.75) is 26.3 Å². The number of hydrogen-bond donors (Lipinski definition) is 1. The van der Waals surface area contributed by atoms with Crippen molar-refractivity contribution >= 4 is 11.7 Å². The van der Waals surface area contributed by atoms with Crippen LogP contribution >= 0.6 is 0 Å². The van der Waals surface area contributed by atoms with Gasteiger partial charge in [0.05, 0.1) is 18.1 Å². The van der Waals surface area contributed by atoms with E-state index in [9.17, 15) is 14.9 Å². The minimum absolute atomic E-state index is 0.0493. The van der Waals surface area contributed by atoms with E-state index < -0.39 is 16.9 Å². The fraction of sp³-hybridized carbons (Fsp3) is 0.500. The van der Waals surface area contributed by atoms with E-state index >= 15 is 0 Å². The van der Waals surface area contributed by atoms with Gasteiger partial charge in [0.1, 0.15) is 18.4 Å². The minimum Gasteiger partial charge on any atom is -0.491 e. The molecule has 1 unspecified atom stereocenters.